The van der Waals surface area contributed by atoms with Crippen molar-refractivity contribution in [2.45, 2.75) is 25.1 Å². The molecule has 0 fully saturated rings. The summed E-state index contributed by atoms with van der Waals surface area (Å²) in [5.74, 6) is -1.46. The molecule has 0 aromatic carbocycles. The number of methoxy groups -OCH3 is 1. The summed E-state index contributed by atoms with van der Waals surface area (Å²) >= 11 is 0. The molecule has 0 saturated carbocycles. The smallest absolute Gasteiger partial charge is 0.373 e. The topological polar surface area (TPSA) is 130 Å². The fraction of sp³-hybridized carbons (Fsp3) is 0.500. The monoisotopic (exact) mass is 268 g/mol. The first-order valence-electron chi connectivity index (χ1n) is 5.27. The third-order valence-corrected chi connectivity index (χ3v) is 2.38. The lowest BCUT2D eigenvalue weighted by molar-refractivity contribution is -0.143. The van der Waals surface area contributed by atoms with Crippen molar-refractivity contribution >= 4 is 18.2 Å². The second kappa shape index (κ2) is 6.41. The molecule has 0 unspecified atom stereocenters. The van der Waals surface area contributed by atoms with Crippen LogP contribution in [-0.4, -0.2) is 43.5 Å². The number of carbonyl (C=O) groups is 3. The van der Waals surface area contributed by atoms with E-state index in [1.54, 1.807) is 0 Å². The molecule has 19 heavy (non-hydrogen) atoms. The van der Waals surface area contributed by atoms with E-state index in [9.17, 15) is 14.4 Å². The van der Waals surface area contributed by atoms with Crippen LogP contribution in [0.15, 0.2) is 16.9 Å². The van der Waals surface area contributed by atoms with Gasteiger partial charge in [0, 0.05) is 11.8 Å². The molecule has 0 saturated heterocycles. The third kappa shape index (κ3) is 3.46. The van der Waals surface area contributed by atoms with E-state index in [0.717, 1.165) is 7.11 Å². The molecule has 0 spiro atoms. The lowest BCUT2D eigenvalue weighted by Gasteiger charge is -2.32. The van der Waals surface area contributed by atoms with Gasteiger partial charge in [0.1, 0.15) is 0 Å². The summed E-state index contributed by atoms with van der Waals surface area (Å²) in [6, 6.07) is -1.80. The Labute approximate surface area is 108 Å². The Bertz CT molecular complexity index is 469. The van der Waals surface area contributed by atoms with Crippen LogP contribution < -0.4 is 5.32 Å². The maximum absolute atomic E-state index is 11.4. The Hall–Kier alpha value is -2.54. The van der Waals surface area contributed by atoms with Crippen LogP contribution in [0, 0.1) is 0 Å². The highest BCUT2D eigenvalue weighted by atomic mass is 16.6. The van der Waals surface area contributed by atoms with Gasteiger partial charge in [-0.05, 0) is 11.6 Å². The summed E-state index contributed by atoms with van der Waals surface area (Å²) in [7, 11) is 1.14. The predicted molar refractivity (Wildman–Crippen MR) is 61.6 cm³/mol. The molecule has 1 aliphatic rings. The summed E-state index contributed by atoms with van der Waals surface area (Å²) in [5, 5.41) is 5.86. The molecule has 0 aromatic rings. The SMILES string of the molecule is COC(=O)C1=C[C@H](N=[N+]=[N-])[C@@H](NC(C)=O)[C@H](C=O)O1. The molecule has 9 heteroatoms. The standard InChI is InChI=1S/C10H12N4O5/c1-5(16)12-9-6(13-14-11)3-7(10(17)18-2)19-8(9)4-15/h3-4,6,8-9H,1-2H3,(H,12,16)/t6-,8-,9+/m0/s1. The summed E-state index contributed by atoms with van der Waals surface area (Å²) in [4.78, 5) is 36.0. The first-order chi connectivity index (χ1) is 9.03. The predicted octanol–water partition coefficient (Wildman–Crippen LogP) is -0.175. The van der Waals surface area contributed by atoms with Crippen molar-refractivity contribution < 1.29 is 23.9 Å². The Kier molecular flexibility index (Phi) is 4.90. The second-order valence-electron chi connectivity index (χ2n) is 3.66. The van der Waals surface area contributed by atoms with Crippen molar-refractivity contribution in [2.75, 3.05) is 7.11 Å². The van der Waals surface area contributed by atoms with E-state index in [4.69, 9.17) is 10.3 Å². The summed E-state index contributed by atoms with van der Waals surface area (Å²) < 4.78 is 9.55. The number of hydrogen-bond acceptors (Lipinski definition) is 6. The number of nitrogens with zero attached hydrogens (tertiary/aromatic N) is 3. The van der Waals surface area contributed by atoms with Crippen LogP contribution in [0.5, 0.6) is 0 Å². The van der Waals surface area contributed by atoms with Gasteiger partial charge in [-0.1, -0.05) is 5.11 Å². The molecule has 1 aliphatic heterocycles. The first kappa shape index (κ1) is 14.5. The quantitative estimate of drug-likeness (QED) is 0.248. The molecule has 9 nitrogen and oxygen atoms in total. The molecule has 3 atom stereocenters. The molecular formula is C10H12N4O5. The van der Waals surface area contributed by atoms with E-state index in [2.05, 4.69) is 20.1 Å². The van der Waals surface area contributed by atoms with E-state index in [1.807, 2.05) is 0 Å². The highest BCUT2D eigenvalue weighted by Gasteiger charge is 2.37. The number of nitrogens with one attached hydrogen (secondary N) is 1. The molecule has 0 bridgehead atoms. The van der Waals surface area contributed by atoms with Gasteiger partial charge in [-0.3, -0.25) is 9.59 Å². The molecular weight excluding hydrogens is 256 g/mol. The second-order valence-corrected chi connectivity index (χ2v) is 3.66. The van der Waals surface area contributed by atoms with E-state index in [1.165, 1.54) is 13.0 Å². The average molecular weight is 268 g/mol. The Morgan fingerprint density at radius 1 is 1.63 bits per heavy atom. The van der Waals surface area contributed by atoms with Gasteiger partial charge in [0.05, 0.1) is 19.2 Å². The largest absolute Gasteiger partial charge is 0.474 e. The first-order valence-corrected chi connectivity index (χ1v) is 5.27. The van der Waals surface area contributed by atoms with Gasteiger partial charge in [0.15, 0.2) is 12.4 Å². The zero-order valence-electron chi connectivity index (χ0n) is 10.3. The van der Waals surface area contributed by atoms with Gasteiger partial charge in [0.25, 0.3) is 0 Å². The van der Waals surface area contributed by atoms with E-state index in [-0.39, 0.29) is 5.76 Å². The van der Waals surface area contributed by atoms with Crippen LogP contribution in [0.3, 0.4) is 0 Å². The highest BCUT2D eigenvalue weighted by molar-refractivity contribution is 5.87. The molecule has 0 aromatic heterocycles. The molecule has 102 valence electrons. The minimum absolute atomic E-state index is 0.237. The normalized spacial score (nSPS) is 25.2. The number of esters is 1. The molecule has 1 heterocycles. The molecule has 0 aliphatic carbocycles. The van der Waals surface area contributed by atoms with Gasteiger partial charge in [-0.15, -0.1) is 0 Å². The molecule has 1 rings (SSSR count). The van der Waals surface area contributed by atoms with Crippen LogP contribution in [0.2, 0.25) is 0 Å². The van der Waals surface area contributed by atoms with Crippen molar-refractivity contribution in [2.24, 2.45) is 5.11 Å². The van der Waals surface area contributed by atoms with Crippen LogP contribution in [0.1, 0.15) is 6.92 Å². The number of azide groups is 1. The lowest BCUT2D eigenvalue weighted by Crippen LogP contribution is -2.53. The number of amides is 1. The van der Waals surface area contributed by atoms with E-state index < -0.39 is 30.1 Å². The number of hydrogen-bond donors (Lipinski definition) is 1. The van der Waals surface area contributed by atoms with Crippen molar-refractivity contribution in [1.82, 2.24) is 5.32 Å². The lowest BCUT2D eigenvalue weighted by atomic mass is 9.99. The van der Waals surface area contributed by atoms with Gasteiger partial charge in [0.2, 0.25) is 11.7 Å². The van der Waals surface area contributed by atoms with Gasteiger partial charge in [-0.25, -0.2) is 4.79 Å². The third-order valence-electron chi connectivity index (χ3n) is 2.38. The number of carbonyl (C=O) groups excluding carboxylic acids is 3. The van der Waals surface area contributed by atoms with Crippen LogP contribution in [0.25, 0.3) is 10.4 Å². The summed E-state index contributed by atoms with van der Waals surface area (Å²) in [6.07, 6.45) is 0.473. The number of rotatable bonds is 4. The van der Waals surface area contributed by atoms with Gasteiger partial charge in [-0.2, -0.15) is 0 Å². The fourth-order valence-corrected chi connectivity index (χ4v) is 1.61. The Balaban J connectivity index is 3.12. The summed E-state index contributed by atoms with van der Waals surface area (Å²) in [5.41, 5.74) is 8.48. The molecule has 0 radical (unpaired) electrons. The van der Waals surface area contributed by atoms with Gasteiger partial charge >= 0.3 is 5.97 Å². The van der Waals surface area contributed by atoms with Gasteiger partial charge < -0.3 is 14.8 Å². The van der Waals surface area contributed by atoms with Crippen molar-refractivity contribution in [1.29, 1.82) is 0 Å². The van der Waals surface area contributed by atoms with Crippen molar-refractivity contribution in [3.63, 3.8) is 0 Å². The fourth-order valence-electron chi connectivity index (χ4n) is 1.61. The van der Waals surface area contributed by atoms with E-state index in [0.29, 0.717) is 6.29 Å². The van der Waals surface area contributed by atoms with Crippen LogP contribution >= 0.6 is 0 Å². The van der Waals surface area contributed by atoms with Crippen molar-refractivity contribution in [3.8, 4) is 0 Å². The molecule has 1 N–H and O–H groups in total. The minimum Gasteiger partial charge on any atom is -0.474 e. The zero-order chi connectivity index (χ0) is 14.4. The molecule has 1 amide bonds. The number of ether oxygens (including phenoxy) is 2. The minimum atomic E-state index is -1.14. The average Bonchev–Trinajstić information content (AvgIpc) is 2.39. The maximum Gasteiger partial charge on any atom is 0.373 e. The van der Waals surface area contributed by atoms with Crippen LogP contribution in [-0.2, 0) is 23.9 Å². The Morgan fingerprint density at radius 3 is 2.79 bits per heavy atom. The Morgan fingerprint density at radius 2 is 2.32 bits per heavy atom. The maximum atomic E-state index is 11.4. The highest BCUT2D eigenvalue weighted by Crippen LogP contribution is 2.20. The zero-order valence-corrected chi connectivity index (χ0v) is 10.3. The summed E-state index contributed by atoms with van der Waals surface area (Å²) in [6.45, 7) is 1.24. The number of aldehydes is 1. The van der Waals surface area contributed by atoms with Crippen LogP contribution in [0.4, 0.5) is 0 Å². The van der Waals surface area contributed by atoms with E-state index >= 15 is 0 Å². The van der Waals surface area contributed by atoms with Crippen molar-refractivity contribution in [3.05, 3.63) is 22.3 Å².